The minimum atomic E-state index is -0.407. The van der Waals surface area contributed by atoms with Gasteiger partial charge in [-0.15, -0.1) is 0 Å². The van der Waals surface area contributed by atoms with Crippen LogP contribution in [-0.4, -0.2) is 64.4 Å². The molecule has 4 atom stereocenters. The van der Waals surface area contributed by atoms with Crippen molar-refractivity contribution in [3.05, 3.63) is 40.6 Å². The van der Waals surface area contributed by atoms with Gasteiger partial charge in [-0.3, -0.25) is 4.90 Å². The summed E-state index contributed by atoms with van der Waals surface area (Å²) in [6, 6.07) is 6.78. The summed E-state index contributed by atoms with van der Waals surface area (Å²) in [5.41, 5.74) is 11.4. The van der Waals surface area contributed by atoms with Gasteiger partial charge in [0.25, 0.3) is 0 Å². The first-order valence-electron chi connectivity index (χ1n) is 15.2. The van der Waals surface area contributed by atoms with E-state index in [2.05, 4.69) is 28.9 Å². The van der Waals surface area contributed by atoms with E-state index >= 15 is 0 Å². The van der Waals surface area contributed by atoms with Crippen molar-refractivity contribution in [2.24, 2.45) is 5.92 Å². The summed E-state index contributed by atoms with van der Waals surface area (Å²) in [6.07, 6.45) is 9.72. The SMILES string of the molecule is C[C@H]1CN2CCC[C@@]2(COc2nc3c(c(N4CCCC(O)CC4)n2)COC2(CCCc4ccc(N)cc42)C3)C1. The number of aliphatic hydroxyl groups excluding tert-OH is 1. The van der Waals surface area contributed by atoms with Crippen LogP contribution >= 0.6 is 0 Å². The zero-order chi connectivity index (χ0) is 26.6. The molecule has 8 heteroatoms. The molecule has 3 saturated heterocycles. The lowest BCUT2D eigenvalue weighted by Gasteiger charge is -2.43. The first-order chi connectivity index (χ1) is 18.9. The third kappa shape index (κ3) is 4.58. The molecule has 2 aromatic rings. The van der Waals surface area contributed by atoms with E-state index in [1.54, 1.807) is 0 Å². The van der Waals surface area contributed by atoms with E-state index in [-0.39, 0.29) is 11.6 Å². The smallest absolute Gasteiger partial charge is 0.318 e. The van der Waals surface area contributed by atoms with Crippen LogP contribution in [0.2, 0.25) is 0 Å². The van der Waals surface area contributed by atoms with Crippen molar-refractivity contribution >= 4 is 11.5 Å². The molecule has 5 heterocycles. The van der Waals surface area contributed by atoms with Gasteiger partial charge in [-0.2, -0.15) is 9.97 Å². The van der Waals surface area contributed by atoms with Crippen molar-refractivity contribution in [2.45, 2.75) is 95.0 Å². The number of aryl methyl sites for hydroxylation is 1. The summed E-state index contributed by atoms with van der Waals surface area (Å²) in [5, 5.41) is 10.3. The molecule has 0 amide bonds. The lowest BCUT2D eigenvalue weighted by Crippen LogP contribution is -2.44. The van der Waals surface area contributed by atoms with Gasteiger partial charge < -0.3 is 25.2 Å². The molecule has 3 fully saturated rings. The largest absolute Gasteiger partial charge is 0.461 e. The molecule has 5 aliphatic rings. The van der Waals surface area contributed by atoms with E-state index in [1.807, 2.05) is 6.07 Å². The molecule has 210 valence electrons. The van der Waals surface area contributed by atoms with Gasteiger partial charge in [0.05, 0.1) is 29.5 Å². The number of aromatic nitrogens is 2. The maximum absolute atomic E-state index is 10.3. The van der Waals surface area contributed by atoms with Gasteiger partial charge in [0, 0.05) is 37.3 Å². The number of aliphatic hydroxyl groups is 1. The van der Waals surface area contributed by atoms with E-state index in [9.17, 15) is 5.11 Å². The van der Waals surface area contributed by atoms with Gasteiger partial charge in [-0.25, -0.2) is 0 Å². The van der Waals surface area contributed by atoms with Crippen LogP contribution in [0.3, 0.4) is 0 Å². The lowest BCUT2D eigenvalue weighted by atomic mass is 9.74. The van der Waals surface area contributed by atoms with E-state index in [0.717, 1.165) is 80.9 Å². The molecule has 0 bridgehead atoms. The zero-order valence-corrected chi connectivity index (χ0v) is 23.3. The number of nitrogen functional groups attached to an aromatic ring is 1. The summed E-state index contributed by atoms with van der Waals surface area (Å²) in [6.45, 7) is 7.47. The standard InChI is InChI=1S/C31H43N5O3/c1-21-16-30(10-4-13-36(30)18-21)20-38-29-33-27-17-31(11-2-5-22-7-8-23(32)15-26(22)31)39-19-25(27)28(34-29)35-12-3-6-24(37)9-14-35/h7-8,15,21,24,37H,2-6,9-14,16-20,32H2,1H3/t21-,24?,30+,31?/m1/s1. The molecule has 8 nitrogen and oxygen atoms in total. The van der Waals surface area contributed by atoms with Crippen LogP contribution in [0.25, 0.3) is 0 Å². The Morgan fingerprint density at radius 3 is 2.97 bits per heavy atom. The number of rotatable bonds is 4. The first kappa shape index (κ1) is 25.5. The number of nitrogens with zero attached hydrogens (tertiary/aromatic N) is 4. The van der Waals surface area contributed by atoms with Gasteiger partial charge in [0.2, 0.25) is 0 Å². The van der Waals surface area contributed by atoms with Crippen molar-refractivity contribution in [2.75, 3.05) is 43.4 Å². The van der Waals surface area contributed by atoms with Gasteiger partial charge in [0.1, 0.15) is 12.4 Å². The molecule has 1 aromatic heterocycles. The van der Waals surface area contributed by atoms with Crippen molar-refractivity contribution in [1.82, 2.24) is 14.9 Å². The summed E-state index contributed by atoms with van der Waals surface area (Å²) >= 11 is 0. The highest BCUT2D eigenvalue weighted by Gasteiger charge is 2.48. The molecule has 2 unspecified atom stereocenters. The Bertz CT molecular complexity index is 1240. The monoisotopic (exact) mass is 533 g/mol. The maximum atomic E-state index is 10.3. The molecule has 1 aromatic carbocycles. The highest BCUT2D eigenvalue weighted by molar-refractivity contribution is 5.54. The Morgan fingerprint density at radius 2 is 2.05 bits per heavy atom. The second-order valence-corrected chi connectivity index (χ2v) is 12.9. The number of benzene rings is 1. The normalized spacial score (nSPS) is 32.5. The second-order valence-electron chi connectivity index (χ2n) is 12.9. The third-order valence-corrected chi connectivity index (χ3v) is 10.1. The Kier molecular flexibility index (Phi) is 6.48. The van der Waals surface area contributed by atoms with Crippen molar-refractivity contribution < 1.29 is 14.6 Å². The Hall–Kier alpha value is -2.42. The quantitative estimate of drug-likeness (QED) is 0.570. The number of anilines is 2. The van der Waals surface area contributed by atoms with Gasteiger partial charge >= 0.3 is 6.01 Å². The Morgan fingerprint density at radius 1 is 1.13 bits per heavy atom. The molecular formula is C31H43N5O3. The van der Waals surface area contributed by atoms with Gasteiger partial charge in [0.15, 0.2) is 0 Å². The van der Waals surface area contributed by atoms with Crippen molar-refractivity contribution in [3.8, 4) is 6.01 Å². The summed E-state index contributed by atoms with van der Waals surface area (Å²) in [5.74, 6) is 1.64. The van der Waals surface area contributed by atoms with Crippen LogP contribution < -0.4 is 15.4 Å². The molecule has 3 N–H and O–H groups in total. The van der Waals surface area contributed by atoms with Crippen LogP contribution in [0.15, 0.2) is 18.2 Å². The van der Waals surface area contributed by atoms with Crippen molar-refractivity contribution in [1.29, 1.82) is 0 Å². The van der Waals surface area contributed by atoms with Gasteiger partial charge in [-0.1, -0.05) is 13.0 Å². The first-order valence-corrected chi connectivity index (χ1v) is 15.2. The summed E-state index contributed by atoms with van der Waals surface area (Å²) in [4.78, 5) is 15.1. The predicted octanol–water partition coefficient (Wildman–Crippen LogP) is 3.97. The number of nitrogens with two attached hydrogens (primary N) is 1. The minimum absolute atomic E-state index is 0.121. The lowest BCUT2D eigenvalue weighted by molar-refractivity contribution is -0.0855. The van der Waals surface area contributed by atoms with Crippen LogP contribution in [0, 0.1) is 5.92 Å². The highest BCUT2D eigenvalue weighted by atomic mass is 16.5. The van der Waals surface area contributed by atoms with Gasteiger partial charge in [-0.05, 0) is 93.5 Å². The second kappa shape index (κ2) is 9.89. The molecule has 4 aliphatic heterocycles. The Balaban J connectivity index is 1.24. The number of ether oxygens (including phenoxy) is 2. The average Bonchev–Trinajstić information content (AvgIpc) is 3.35. The van der Waals surface area contributed by atoms with E-state index in [4.69, 9.17) is 25.2 Å². The van der Waals surface area contributed by atoms with Crippen LogP contribution in [-0.2, 0) is 29.8 Å². The van der Waals surface area contributed by atoms with Crippen LogP contribution in [0.5, 0.6) is 6.01 Å². The molecule has 1 aliphatic carbocycles. The minimum Gasteiger partial charge on any atom is -0.461 e. The average molecular weight is 534 g/mol. The molecule has 1 spiro atoms. The fraction of sp³-hybridized carbons (Fsp3) is 0.677. The molecule has 0 radical (unpaired) electrons. The van der Waals surface area contributed by atoms with E-state index in [0.29, 0.717) is 31.6 Å². The van der Waals surface area contributed by atoms with Crippen molar-refractivity contribution in [3.63, 3.8) is 0 Å². The van der Waals surface area contributed by atoms with Crippen LogP contribution in [0.4, 0.5) is 11.5 Å². The topological polar surface area (TPSA) is 97.0 Å². The zero-order valence-electron chi connectivity index (χ0n) is 23.3. The predicted molar refractivity (Wildman–Crippen MR) is 151 cm³/mol. The fourth-order valence-electron chi connectivity index (χ4n) is 8.23. The maximum Gasteiger partial charge on any atom is 0.318 e. The summed E-state index contributed by atoms with van der Waals surface area (Å²) in [7, 11) is 0. The molecular weight excluding hydrogens is 490 g/mol. The molecule has 0 saturated carbocycles. The summed E-state index contributed by atoms with van der Waals surface area (Å²) < 4.78 is 13.3. The number of hydrogen-bond donors (Lipinski definition) is 2. The van der Waals surface area contributed by atoms with E-state index in [1.165, 1.54) is 36.9 Å². The van der Waals surface area contributed by atoms with E-state index < -0.39 is 5.60 Å². The fourth-order valence-corrected chi connectivity index (χ4v) is 8.23. The Labute approximate surface area is 231 Å². The van der Waals surface area contributed by atoms with Crippen LogP contribution in [0.1, 0.15) is 80.7 Å². The number of hydrogen-bond acceptors (Lipinski definition) is 8. The molecule has 7 rings (SSSR count). The molecule has 39 heavy (non-hydrogen) atoms. The third-order valence-electron chi connectivity index (χ3n) is 10.1. The number of fused-ring (bicyclic) bond motifs is 4. The highest BCUT2D eigenvalue weighted by Crippen LogP contribution is 2.47.